The number of nitrogens with zero attached hydrogens (tertiary/aromatic N) is 1. The molecule has 0 bridgehead atoms. The average Bonchev–Trinajstić information content (AvgIpc) is 2.89. The van der Waals surface area contributed by atoms with Gasteiger partial charge in [0.25, 0.3) is 5.91 Å². The van der Waals surface area contributed by atoms with Gasteiger partial charge in [0, 0.05) is 27.1 Å². The van der Waals surface area contributed by atoms with Crippen LogP contribution in [0.15, 0.2) is 30.3 Å². The largest absolute Gasteiger partial charge is 0.375 e. The average molecular weight is 604 g/mol. The summed E-state index contributed by atoms with van der Waals surface area (Å²) in [6.45, 7) is 12.9. The van der Waals surface area contributed by atoms with Crippen LogP contribution in [0.4, 0.5) is 0 Å². The van der Waals surface area contributed by atoms with Gasteiger partial charge in [-0.2, -0.15) is 0 Å². The van der Waals surface area contributed by atoms with Crippen LogP contribution < -0.4 is 21.3 Å². The van der Waals surface area contributed by atoms with E-state index in [9.17, 15) is 28.8 Å². The third-order valence-electron chi connectivity index (χ3n) is 6.25. The van der Waals surface area contributed by atoms with Gasteiger partial charge in [-0.3, -0.25) is 28.8 Å². The number of ketones is 1. The molecule has 0 aromatic heterocycles. The molecule has 0 radical (unpaired) electrons. The van der Waals surface area contributed by atoms with Gasteiger partial charge in [-0.1, -0.05) is 71.9 Å². The Kier molecular flexibility index (Phi) is 14.5. The van der Waals surface area contributed by atoms with Crippen molar-refractivity contribution < 1.29 is 33.5 Å². The van der Waals surface area contributed by atoms with E-state index in [0.29, 0.717) is 6.61 Å². The third-order valence-corrected chi connectivity index (χ3v) is 6.25. The summed E-state index contributed by atoms with van der Waals surface area (Å²) in [4.78, 5) is 78.0. The van der Waals surface area contributed by atoms with Crippen molar-refractivity contribution in [3.8, 4) is 0 Å². The number of amides is 5. The number of ether oxygens (including phenoxy) is 1. The predicted molar refractivity (Wildman–Crippen MR) is 162 cm³/mol. The highest BCUT2D eigenvalue weighted by Gasteiger charge is 2.37. The van der Waals surface area contributed by atoms with Crippen molar-refractivity contribution >= 4 is 35.3 Å². The molecule has 1 unspecified atom stereocenters. The fraction of sp³-hybridized carbons (Fsp3) is 0.613. The molecule has 0 aliphatic rings. The SMILES string of the molecule is CC(NC(=O)[C@H](CC(=O)N(C)C)NC(=O)[C@@H](NC(=O)CC(C)(C)C)C(C)(C)C)C(=O)C(=O)NCCOCc1ccccc1. The van der Waals surface area contributed by atoms with Gasteiger partial charge < -0.3 is 30.9 Å². The van der Waals surface area contributed by atoms with Gasteiger partial charge in [-0.15, -0.1) is 0 Å². The lowest BCUT2D eigenvalue weighted by Crippen LogP contribution is -2.59. The molecule has 0 spiro atoms. The molecule has 0 saturated heterocycles. The summed E-state index contributed by atoms with van der Waals surface area (Å²) in [5.74, 6) is -4.07. The van der Waals surface area contributed by atoms with E-state index < -0.39 is 59.4 Å². The van der Waals surface area contributed by atoms with E-state index in [1.54, 1.807) is 20.8 Å². The highest BCUT2D eigenvalue weighted by molar-refractivity contribution is 6.38. The zero-order valence-corrected chi connectivity index (χ0v) is 27.0. The van der Waals surface area contributed by atoms with E-state index in [4.69, 9.17) is 4.74 Å². The van der Waals surface area contributed by atoms with E-state index in [-0.39, 0.29) is 30.9 Å². The van der Waals surface area contributed by atoms with Crippen molar-refractivity contribution in [1.29, 1.82) is 0 Å². The van der Waals surface area contributed by atoms with Crippen LogP contribution in [-0.4, -0.2) is 85.6 Å². The predicted octanol–water partition coefficient (Wildman–Crippen LogP) is 1.32. The summed E-state index contributed by atoms with van der Waals surface area (Å²) >= 11 is 0. The zero-order chi connectivity index (χ0) is 33.0. The summed E-state index contributed by atoms with van der Waals surface area (Å²) in [6.07, 6.45) is -0.222. The summed E-state index contributed by atoms with van der Waals surface area (Å²) in [7, 11) is 3.01. The maximum Gasteiger partial charge on any atom is 0.289 e. The minimum atomic E-state index is -1.36. The lowest BCUT2D eigenvalue weighted by atomic mass is 9.85. The van der Waals surface area contributed by atoms with Crippen LogP contribution in [0.2, 0.25) is 0 Å². The van der Waals surface area contributed by atoms with Crippen molar-refractivity contribution in [2.75, 3.05) is 27.2 Å². The van der Waals surface area contributed by atoms with Crippen LogP contribution in [-0.2, 0) is 40.1 Å². The number of Topliss-reactive ketones (excluding diaryl/α,β-unsaturated/α-hetero) is 1. The Balaban J connectivity index is 2.85. The molecule has 0 fully saturated rings. The van der Waals surface area contributed by atoms with Crippen LogP contribution in [0, 0.1) is 10.8 Å². The second-order valence-electron chi connectivity index (χ2n) is 13.0. The standard InChI is InChI=1S/C31H49N5O7/c1-20(25(39)28(41)32-15-16-43-19-21-13-11-10-12-14-21)33-27(40)22(17-24(38)36(8)9)34-29(42)26(31(5,6)7)35-23(37)18-30(2,3)4/h10-14,20,22,26H,15-19H2,1-9H3,(H,32,41)(H,33,40)(H,34,42)(H,35,37)/t20?,22-,26+/m0/s1. The molecule has 12 nitrogen and oxygen atoms in total. The lowest BCUT2D eigenvalue weighted by Gasteiger charge is -2.33. The fourth-order valence-electron chi connectivity index (χ4n) is 3.85. The van der Waals surface area contributed by atoms with Crippen molar-refractivity contribution in [1.82, 2.24) is 26.2 Å². The molecule has 1 aromatic carbocycles. The summed E-state index contributed by atoms with van der Waals surface area (Å²) in [6, 6.07) is 5.85. The monoisotopic (exact) mass is 603 g/mol. The highest BCUT2D eigenvalue weighted by atomic mass is 16.5. The molecule has 1 aromatic rings. The maximum absolute atomic E-state index is 13.4. The summed E-state index contributed by atoms with van der Waals surface area (Å²) in [5, 5.41) is 10.2. The van der Waals surface area contributed by atoms with Gasteiger partial charge in [0.2, 0.25) is 29.4 Å². The number of rotatable bonds is 15. The Labute approximate surface area is 255 Å². The van der Waals surface area contributed by atoms with E-state index in [1.165, 1.54) is 25.9 Å². The molecule has 240 valence electrons. The Morgan fingerprint density at radius 2 is 1.47 bits per heavy atom. The second-order valence-corrected chi connectivity index (χ2v) is 13.0. The number of carbonyl (C=O) groups excluding carboxylic acids is 6. The van der Waals surface area contributed by atoms with Crippen molar-refractivity contribution in [2.45, 2.75) is 86.0 Å². The van der Waals surface area contributed by atoms with Crippen LogP contribution in [0.5, 0.6) is 0 Å². The van der Waals surface area contributed by atoms with Gasteiger partial charge in [0.1, 0.15) is 12.1 Å². The van der Waals surface area contributed by atoms with Gasteiger partial charge >= 0.3 is 0 Å². The number of hydrogen-bond acceptors (Lipinski definition) is 7. The van der Waals surface area contributed by atoms with Crippen LogP contribution in [0.1, 0.15) is 66.9 Å². The first-order chi connectivity index (χ1) is 19.8. The van der Waals surface area contributed by atoms with Gasteiger partial charge in [0.15, 0.2) is 0 Å². The molecule has 43 heavy (non-hydrogen) atoms. The number of benzene rings is 1. The molecule has 1 rings (SSSR count). The van der Waals surface area contributed by atoms with Gasteiger partial charge in [-0.25, -0.2) is 0 Å². The van der Waals surface area contributed by atoms with E-state index in [2.05, 4.69) is 21.3 Å². The van der Waals surface area contributed by atoms with E-state index in [0.717, 1.165) is 5.56 Å². The van der Waals surface area contributed by atoms with Crippen LogP contribution >= 0.6 is 0 Å². The minimum absolute atomic E-state index is 0.0865. The Morgan fingerprint density at radius 1 is 0.860 bits per heavy atom. The lowest BCUT2D eigenvalue weighted by molar-refractivity contribution is -0.141. The van der Waals surface area contributed by atoms with E-state index >= 15 is 0 Å². The van der Waals surface area contributed by atoms with Gasteiger partial charge in [0.05, 0.1) is 25.7 Å². The number of nitrogens with one attached hydrogen (secondary N) is 4. The zero-order valence-electron chi connectivity index (χ0n) is 27.0. The third kappa shape index (κ3) is 14.3. The molecule has 0 heterocycles. The van der Waals surface area contributed by atoms with Gasteiger partial charge in [-0.05, 0) is 23.3 Å². The highest BCUT2D eigenvalue weighted by Crippen LogP contribution is 2.22. The number of carbonyl (C=O) groups is 6. The Hall–Kier alpha value is -3.80. The molecule has 0 aliphatic heterocycles. The normalized spacial score (nSPS) is 13.6. The first kappa shape index (κ1) is 37.2. The quantitative estimate of drug-likeness (QED) is 0.174. The van der Waals surface area contributed by atoms with Crippen LogP contribution in [0.25, 0.3) is 0 Å². The minimum Gasteiger partial charge on any atom is -0.375 e. The second kappa shape index (κ2) is 16.7. The molecular formula is C31H49N5O7. The molecule has 5 amide bonds. The van der Waals surface area contributed by atoms with Crippen molar-refractivity contribution in [3.63, 3.8) is 0 Å². The Morgan fingerprint density at radius 3 is 2.00 bits per heavy atom. The number of hydrogen-bond donors (Lipinski definition) is 4. The van der Waals surface area contributed by atoms with Crippen molar-refractivity contribution in [3.05, 3.63) is 35.9 Å². The smallest absolute Gasteiger partial charge is 0.289 e. The topological polar surface area (TPSA) is 163 Å². The van der Waals surface area contributed by atoms with Crippen LogP contribution in [0.3, 0.4) is 0 Å². The molecule has 0 aliphatic carbocycles. The maximum atomic E-state index is 13.4. The molecular weight excluding hydrogens is 554 g/mol. The fourth-order valence-corrected chi connectivity index (χ4v) is 3.85. The molecule has 12 heteroatoms. The van der Waals surface area contributed by atoms with E-state index in [1.807, 2.05) is 51.1 Å². The summed E-state index contributed by atoms with van der Waals surface area (Å²) < 4.78 is 5.49. The first-order valence-electron chi connectivity index (χ1n) is 14.4. The Bertz CT molecular complexity index is 1120. The van der Waals surface area contributed by atoms with Crippen molar-refractivity contribution in [2.24, 2.45) is 10.8 Å². The first-order valence-corrected chi connectivity index (χ1v) is 14.4. The molecule has 4 N–H and O–H groups in total. The summed E-state index contributed by atoms with van der Waals surface area (Å²) in [5.41, 5.74) is -0.0684. The molecule has 0 saturated carbocycles. The molecule has 3 atom stereocenters.